The van der Waals surface area contributed by atoms with Gasteiger partial charge in [0.1, 0.15) is 5.76 Å². The summed E-state index contributed by atoms with van der Waals surface area (Å²) in [5.74, 6) is 0.859. The summed E-state index contributed by atoms with van der Waals surface area (Å²) in [6.07, 6.45) is 1.69. The summed E-state index contributed by atoms with van der Waals surface area (Å²) in [6.45, 7) is 3.07. The molecule has 1 aromatic carbocycles. The number of ketones is 1. The van der Waals surface area contributed by atoms with Crippen LogP contribution in [0.25, 0.3) is 11.1 Å². The van der Waals surface area contributed by atoms with Crippen molar-refractivity contribution in [2.75, 3.05) is 6.54 Å². The molecule has 0 saturated carbocycles. The fourth-order valence-corrected chi connectivity index (χ4v) is 2.29. The van der Waals surface area contributed by atoms with Gasteiger partial charge in [0.25, 0.3) is 0 Å². The summed E-state index contributed by atoms with van der Waals surface area (Å²) in [4.78, 5) is 11.9. The number of carbonyl (C=O) groups excluding carboxylic acids is 1. The highest BCUT2D eigenvalue weighted by Crippen LogP contribution is 2.32. The third kappa shape index (κ3) is 1.59. The molecule has 3 nitrogen and oxygen atoms in total. The Kier molecular flexibility index (Phi) is 2.34. The molecule has 0 atom stereocenters. The number of furan rings is 1. The number of fused-ring (bicyclic) bond motifs is 1. The van der Waals surface area contributed by atoms with Gasteiger partial charge in [-0.05, 0) is 18.1 Å². The predicted molar refractivity (Wildman–Crippen MR) is 64.9 cm³/mol. The van der Waals surface area contributed by atoms with E-state index in [1.54, 1.807) is 6.26 Å². The number of hydrogen-bond acceptors (Lipinski definition) is 3. The van der Waals surface area contributed by atoms with Gasteiger partial charge >= 0.3 is 0 Å². The van der Waals surface area contributed by atoms with Crippen LogP contribution < -0.4 is 5.32 Å². The third-order valence-corrected chi connectivity index (χ3v) is 3.15. The van der Waals surface area contributed by atoms with Crippen LogP contribution in [-0.4, -0.2) is 12.3 Å². The minimum atomic E-state index is 0.109. The lowest BCUT2D eigenvalue weighted by atomic mass is 9.95. The number of rotatable bonds is 1. The van der Waals surface area contributed by atoms with Crippen LogP contribution in [0.15, 0.2) is 34.9 Å². The molecule has 0 aliphatic carbocycles. The largest absolute Gasteiger partial charge is 0.467 e. The average Bonchev–Trinajstić information content (AvgIpc) is 2.75. The number of aryl methyl sites for hydroxylation is 1. The van der Waals surface area contributed by atoms with Crippen LogP contribution in [-0.2, 0) is 6.54 Å². The molecular weight excluding hydrogens is 214 g/mol. The van der Waals surface area contributed by atoms with Gasteiger partial charge in [-0.15, -0.1) is 0 Å². The Hall–Kier alpha value is -1.87. The number of hydrogen-bond donors (Lipinski definition) is 1. The molecule has 1 aromatic heterocycles. The van der Waals surface area contributed by atoms with Gasteiger partial charge in [0, 0.05) is 5.56 Å². The first kappa shape index (κ1) is 10.3. The van der Waals surface area contributed by atoms with Crippen LogP contribution in [0.4, 0.5) is 0 Å². The molecule has 0 bridgehead atoms. The fraction of sp³-hybridized carbons (Fsp3) is 0.214. The second-order valence-electron chi connectivity index (χ2n) is 4.29. The zero-order valence-corrected chi connectivity index (χ0v) is 9.62. The monoisotopic (exact) mass is 227 g/mol. The van der Waals surface area contributed by atoms with E-state index in [2.05, 4.69) is 5.32 Å². The quantitative estimate of drug-likeness (QED) is 0.814. The van der Waals surface area contributed by atoms with Gasteiger partial charge in [-0.2, -0.15) is 0 Å². The Morgan fingerprint density at radius 2 is 2.00 bits per heavy atom. The number of carbonyl (C=O) groups is 1. The molecular formula is C14H13NO2. The molecule has 0 amide bonds. The van der Waals surface area contributed by atoms with Crippen molar-refractivity contribution in [3.63, 3.8) is 0 Å². The smallest absolute Gasteiger partial charge is 0.180 e. The van der Waals surface area contributed by atoms with Crippen molar-refractivity contribution in [2.45, 2.75) is 13.5 Å². The molecule has 1 N–H and O–H groups in total. The molecule has 0 spiro atoms. The third-order valence-electron chi connectivity index (χ3n) is 3.15. The zero-order valence-electron chi connectivity index (χ0n) is 9.62. The molecule has 0 radical (unpaired) electrons. The van der Waals surface area contributed by atoms with E-state index in [1.807, 2.05) is 31.2 Å². The van der Waals surface area contributed by atoms with Crippen LogP contribution in [0.1, 0.15) is 21.7 Å². The molecule has 1 aliphatic rings. The highest BCUT2D eigenvalue weighted by Gasteiger charge is 2.25. The van der Waals surface area contributed by atoms with E-state index in [4.69, 9.17) is 4.42 Å². The second-order valence-corrected chi connectivity index (χ2v) is 4.29. The SMILES string of the molecule is Cc1ccccc1-c1coc2c1C(=O)CNC2. The van der Waals surface area contributed by atoms with E-state index >= 15 is 0 Å². The lowest BCUT2D eigenvalue weighted by Crippen LogP contribution is -2.29. The summed E-state index contributed by atoms with van der Waals surface area (Å²) in [5.41, 5.74) is 3.90. The second kappa shape index (κ2) is 3.86. The van der Waals surface area contributed by atoms with Gasteiger partial charge < -0.3 is 9.73 Å². The van der Waals surface area contributed by atoms with Crippen LogP contribution in [0.2, 0.25) is 0 Å². The van der Waals surface area contributed by atoms with Crippen LogP contribution in [0.3, 0.4) is 0 Å². The molecule has 2 heterocycles. The lowest BCUT2D eigenvalue weighted by Gasteiger charge is -2.12. The fourth-order valence-electron chi connectivity index (χ4n) is 2.29. The first-order valence-electron chi connectivity index (χ1n) is 5.67. The highest BCUT2D eigenvalue weighted by molar-refractivity contribution is 6.05. The molecule has 17 heavy (non-hydrogen) atoms. The van der Waals surface area contributed by atoms with Crippen molar-refractivity contribution in [2.24, 2.45) is 0 Å². The van der Waals surface area contributed by atoms with Crippen molar-refractivity contribution < 1.29 is 9.21 Å². The maximum absolute atomic E-state index is 11.9. The van der Waals surface area contributed by atoms with Crippen LogP contribution >= 0.6 is 0 Å². The van der Waals surface area contributed by atoms with Crippen molar-refractivity contribution in [3.8, 4) is 11.1 Å². The highest BCUT2D eigenvalue weighted by atomic mass is 16.3. The molecule has 2 aromatic rings. The van der Waals surface area contributed by atoms with Crippen molar-refractivity contribution in [1.82, 2.24) is 5.32 Å². The standard InChI is InChI=1S/C14H13NO2/c1-9-4-2-3-5-10(9)11-8-17-13-7-15-6-12(16)14(11)13/h2-5,8,15H,6-7H2,1H3. The van der Waals surface area contributed by atoms with Crippen molar-refractivity contribution >= 4 is 5.78 Å². The summed E-state index contributed by atoms with van der Waals surface area (Å²) in [5, 5.41) is 3.03. The Labute approximate surface area is 99.4 Å². The number of Topliss-reactive ketones (excluding diaryl/α,β-unsaturated/α-hetero) is 1. The Bertz CT molecular complexity index is 584. The van der Waals surface area contributed by atoms with Gasteiger partial charge in [0.15, 0.2) is 5.78 Å². The maximum atomic E-state index is 11.9. The normalized spacial score (nSPS) is 14.8. The van der Waals surface area contributed by atoms with E-state index in [1.165, 1.54) is 0 Å². The van der Waals surface area contributed by atoms with Gasteiger partial charge in [-0.3, -0.25) is 4.79 Å². The molecule has 0 fully saturated rings. The first-order valence-corrected chi connectivity index (χ1v) is 5.67. The molecule has 86 valence electrons. The minimum Gasteiger partial charge on any atom is -0.467 e. The van der Waals surface area contributed by atoms with Gasteiger partial charge in [0.05, 0.1) is 24.9 Å². The first-order chi connectivity index (χ1) is 8.27. The molecule has 3 heteroatoms. The zero-order chi connectivity index (χ0) is 11.8. The summed E-state index contributed by atoms with van der Waals surface area (Å²) in [7, 11) is 0. The Morgan fingerprint density at radius 3 is 2.82 bits per heavy atom. The minimum absolute atomic E-state index is 0.109. The van der Waals surface area contributed by atoms with Gasteiger partial charge in [-0.25, -0.2) is 0 Å². The topological polar surface area (TPSA) is 42.2 Å². The van der Waals surface area contributed by atoms with Gasteiger partial charge in [0.2, 0.25) is 0 Å². The van der Waals surface area contributed by atoms with Crippen molar-refractivity contribution in [3.05, 3.63) is 47.4 Å². The number of benzene rings is 1. The maximum Gasteiger partial charge on any atom is 0.180 e. The van der Waals surface area contributed by atoms with E-state index in [9.17, 15) is 4.79 Å². The van der Waals surface area contributed by atoms with E-state index in [0.29, 0.717) is 13.1 Å². The Morgan fingerprint density at radius 1 is 1.18 bits per heavy atom. The van der Waals surface area contributed by atoms with E-state index in [0.717, 1.165) is 28.0 Å². The molecule has 1 aliphatic heterocycles. The Balaban J connectivity index is 2.20. The summed E-state index contributed by atoms with van der Waals surface area (Å²) < 4.78 is 5.48. The van der Waals surface area contributed by atoms with Crippen LogP contribution in [0, 0.1) is 6.92 Å². The van der Waals surface area contributed by atoms with Gasteiger partial charge in [-0.1, -0.05) is 24.3 Å². The molecule has 0 unspecified atom stereocenters. The van der Waals surface area contributed by atoms with Crippen molar-refractivity contribution in [1.29, 1.82) is 0 Å². The number of nitrogens with one attached hydrogen (secondary N) is 1. The van der Waals surface area contributed by atoms with Crippen LogP contribution in [0.5, 0.6) is 0 Å². The van der Waals surface area contributed by atoms with E-state index < -0.39 is 0 Å². The molecule has 3 rings (SSSR count). The lowest BCUT2D eigenvalue weighted by molar-refractivity contribution is 0.0979. The van der Waals surface area contributed by atoms with E-state index in [-0.39, 0.29) is 5.78 Å². The summed E-state index contributed by atoms with van der Waals surface area (Å²) >= 11 is 0. The molecule has 0 saturated heterocycles. The predicted octanol–water partition coefficient (Wildman–Crippen LogP) is 2.54. The average molecular weight is 227 g/mol. The summed E-state index contributed by atoms with van der Waals surface area (Å²) in [6, 6.07) is 8.04.